The lowest BCUT2D eigenvalue weighted by Gasteiger charge is -2.11. The minimum atomic E-state index is 0.591. The monoisotopic (exact) mass is 278 g/mol. The van der Waals surface area contributed by atoms with Gasteiger partial charge in [0.2, 0.25) is 5.52 Å². The average Bonchev–Trinajstić information content (AvgIpc) is 2.49. The molecule has 21 heavy (non-hydrogen) atoms. The van der Waals surface area contributed by atoms with E-state index >= 15 is 0 Å². The summed E-state index contributed by atoms with van der Waals surface area (Å²) in [4.78, 5) is 3.44. The molecule has 2 aromatic carbocycles. The zero-order valence-electron chi connectivity index (χ0n) is 12.7. The number of benzene rings is 2. The summed E-state index contributed by atoms with van der Waals surface area (Å²) in [5, 5.41) is 1.15. The summed E-state index contributed by atoms with van der Waals surface area (Å²) in [7, 11) is 0. The molecule has 2 heteroatoms. The Morgan fingerprint density at radius 3 is 2.48 bits per heavy atom. The molecule has 0 spiro atoms. The molecule has 0 saturated heterocycles. The van der Waals surface area contributed by atoms with E-state index in [4.69, 9.17) is 4.74 Å². The third-order valence-electron chi connectivity index (χ3n) is 3.87. The molecule has 0 atom stereocenters. The van der Waals surface area contributed by atoms with E-state index < -0.39 is 0 Å². The first-order chi connectivity index (χ1) is 10.1. The Hall–Kier alpha value is -2.35. The van der Waals surface area contributed by atoms with E-state index in [-0.39, 0.29) is 0 Å². The van der Waals surface area contributed by atoms with Gasteiger partial charge < -0.3 is 4.74 Å². The first-order valence-corrected chi connectivity index (χ1v) is 7.25. The van der Waals surface area contributed by atoms with Gasteiger partial charge in [-0.15, -0.1) is 0 Å². The molecular weight excluding hydrogens is 258 g/mol. The van der Waals surface area contributed by atoms with Crippen molar-refractivity contribution in [3.63, 3.8) is 0 Å². The molecule has 1 N–H and O–H groups in total. The van der Waals surface area contributed by atoms with Crippen LogP contribution in [0.5, 0.6) is 5.75 Å². The Morgan fingerprint density at radius 1 is 0.952 bits per heavy atom. The molecule has 3 rings (SSSR count). The number of aromatic nitrogens is 1. The highest BCUT2D eigenvalue weighted by molar-refractivity contribution is 5.84. The highest BCUT2D eigenvalue weighted by atomic mass is 16.5. The summed E-state index contributed by atoms with van der Waals surface area (Å²) < 4.78 is 6.15. The number of pyridine rings is 1. The number of ether oxygens (including phenoxy) is 1. The number of hydrogen-bond acceptors (Lipinski definition) is 1. The second kappa shape index (κ2) is 5.57. The maximum absolute atomic E-state index is 6.15. The van der Waals surface area contributed by atoms with Gasteiger partial charge in [-0.05, 0) is 31.0 Å². The topological polar surface area (TPSA) is 23.4 Å². The summed E-state index contributed by atoms with van der Waals surface area (Å²) in [6.45, 7) is 6.89. The lowest BCUT2D eigenvalue weighted by Crippen LogP contribution is -2.13. The summed E-state index contributed by atoms with van der Waals surface area (Å²) >= 11 is 0. The van der Waals surface area contributed by atoms with E-state index in [9.17, 15) is 0 Å². The fourth-order valence-electron chi connectivity index (χ4n) is 2.54. The number of aryl methyl sites for hydroxylation is 2. The summed E-state index contributed by atoms with van der Waals surface area (Å²) in [5.74, 6) is 0.980. The zero-order valence-corrected chi connectivity index (χ0v) is 12.7. The minimum Gasteiger partial charge on any atom is -0.487 e. The highest BCUT2D eigenvalue weighted by Gasteiger charge is 2.15. The van der Waals surface area contributed by atoms with Gasteiger partial charge in [-0.1, -0.05) is 36.4 Å². The van der Waals surface area contributed by atoms with Crippen LogP contribution in [0.1, 0.15) is 22.4 Å². The lowest BCUT2D eigenvalue weighted by atomic mass is 10.1. The van der Waals surface area contributed by atoms with Crippen molar-refractivity contribution >= 4 is 10.9 Å². The van der Waals surface area contributed by atoms with Crippen molar-refractivity contribution in [2.24, 2.45) is 0 Å². The zero-order chi connectivity index (χ0) is 14.8. The summed E-state index contributed by atoms with van der Waals surface area (Å²) in [6.07, 6.45) is 0. The Bertz CT molecular complexity index is 778. The Labute approximate surface area is 125 Å². The SMILES string of the molecule is Cc1ccc2[nH+]c(C)c(C)c(OCc3ccccc3)c2c1. The van der Waals surface area contributed by atoms with Crippen molar-refractivity contribution in [2.45, 2.75) is 27.4 Å². The van der Waals surface area contributed by atoms with Crippen LogP contribution >= 0.6 is 0 Å². The number of H-pyrrole nitrogens is 1. The maximum atomic E-state index is 6.15. The standard InChI is InChI=1S/C19H19NO/c1-13-9-10-18-17(11-13)19(14(2)15(3)20-18)21-12-16-7-5-4-6-8-16/h4-11H,12H2,1-3H3/p+1. The van der Waals surface area contributed by atoms with E-state index in [1.807, 2.05) is 18.2 Å². The quantitative estimate of drug-likeness (QED) is 0.705. The summed E-state index contributed by atoms with van der Waals surface area (Å²) in [6, 6.07) is 16.7. The minimum absolute atomic E-state index is 0.591. The molecule has 0 unspecified atom stereocenters. The molecule has 2 nitrogen and oxygen atoms in total. The molecular formula is C19H20NO+. The van der Waals surface area contributed by atoms with Gasteiger partial charge in [-0.25, -0.2) is 4.98 Å². The normalized spacial score (nSPS) is 10.8. The van der Waals surface area contributed by atoms with E-state index in [0.717, 1.165) is 22.3 Å². The third-order valence-corrected chi connectivity index (χ3v) is 3.87. The van der Waals surface area contributed by atoms with Crippen molar-refractivity contribution < 1.29 is 9.72 Å². The van der Waals surface area contributed by atoms with Crippen molar-refractivity contribution in [3.05, 3.63) is 70.9 Å². The van der Waals surface area contributed by atoms with Crippen LogP contribution in [0.2, 0.25) is 0 Å². The van der Waals surface area contributed by atoms with Gasteiger partial charge >= 0.3 is 0 Å². The Balaban J connectivity index is 2.03. The fourth-order valence-corrected chi connectivity index (χ4v) is 2.54. The van der Waals surface area contributed by atoms with Gasteiger partial charge in [-0.3, -0.25) is 0 Å². The number of aromatic amines is 1. The molecule has 3 aromatic rings. The smallest absolute Gasteiger partial charge is 0.214 e. The van der Waals surface area contributed by atoms with Crippen molar-refractivity contribution in [1.82, 2.24) is 0 Å². The molecule has 1 aromatic heterocycles. The van der Waals surface area contributed by atoms with Gasteiger partial charge in [0.1, 0.15) is 12.4 Å². The second-order valence-corrected chi connectivity index (χ2v) is 5.53. The van der Waals surface area contributed by atoms with E-state index in [0.29, 0.717) is 6.61 Å². The number of nitrogens with one attached hydrogen (secondary N) is 1. The van der Waals surface area contributed by atoms with Gasteiger partial charge in [0, 0.05) is 13.0 Å². The van der Waals surface area contributed by atoms with Gasteiger partial charge in [-0.2, -0.15) is 0 Å². The molecule has 0 fully saturated rings. The number of fused-ring (bicyclic) bond motifs is 1. The van der Waals surface area contributed by atoms with Crippen molar-refractivity contribution in [1.29, 1.82) is 0 Å². The van der Waals surface area contributed by atoms with Crippen LogP contribution in [-0.2, 0) is 6.61 Å². The molecule has 0 aliphatic rings. The molecule has 0 aliphatic heterocycles. The van der Waals surface area contributed by atoms with Gasteiger partial charge in [0.05, 0.1) is 10.9 Å². The van der Waals surface area contributed by atoms with Crippen LogP contribution in [0.25, 0.3) is 10.9 Å². The van der Waals surface area contributed by atoms with Gasteiger partial charge in [0.15, 0.2) is 5.69 Å². The largest absolute Gasteiger partial charge is 0.487 e. The first-order valence-electron chi connectivity index (χ1n) is 7.25. The van der Waals surface area contributed by atoms with Crippen molar-refractivity contribution in [3.8, 4) is 5.75 Å². The van der Waals surface area contributed by atoms with Crippen LogP contribution in [0.3, 0.4) is 0 Å². The van der Waals surface area contributed by atoms with Crippen LogP contribution in [-0.4, -0.2) is 0 Å². The molecule has 0 amide bonds. The van der Waals surface area contributed by atoms with Crippen LogP contribution in [0.15, 0.2) is 48.5 Å². The van der Waals surface area contributed by atoms with Crippen molar-refractivity contribution in [2.75, 3.05) is 0 Å². The molecule has 106 valence electrons. The van der Waals surface area contributed by atoms with Gasteiger partial charge in [0.25, 0.3) is 0 Å². The van der Waals surface area contributed by atoms with Crippen LogP contribution in [0.4, 0.5) is 0 Å². The van der Waals surface area contributed by atoms with E-state index in [1.165, 1.54) is 16.7 Å². The van der Waals surface area contributed by atoms with E-state index in [2.05, 4.69) is 56.1 Å². The lowest BCUT2D eigenvalue weighted by molar-refractivity contribution is -0.355. The molecule has 0 saturated carbocycles. The number of rotatable bonds is 3. The molecule has 0 aliphatic carbocycles. The summed E-state index contributed by atoms with van der Waals surface area (Å²) in [5.41, 5.74) is 5.86. The molecule has 1 heterocycles. The Morgan fingerprint density at radius 2 is 1.71 bits per heavy atom. The van der Waals surface area contributed by atoms with Crippen LogP contribution < -0.4 is 9.72 Å². The first kappa shape index (κ1) is 13.6. The average molecular weight is 278 g/mol. The highest BCUT2D eigenvalue weighted by Crippen LogP contribution is 2.29. The molecule has 0 radical (unpaired) electrons. The Kier molecular flexibility index (Phi) is 3.61. The third kappa shape index (κ3) is 2.75. The second-order valence-electron chi connectivity index (χ2n) is 5.53. The predicted octanol–water partition coefficient (Wildman–Crippen LogP) is 4.16. The number of hydrogen-bond donors (Lipinski definition) is 0. The fraction of sp³-hybridized carbons (Fsp3) is 0.211. The predicted molar refractivity (Wildman–Crippen MR) is 85.5 cm³/mol. The van der Waals surface area contributed by atoms with Crippen LogP contribution in [0, 0.1) is 20.8 Å². The van der Waals surface area contributed by atoms with E-state index in [1.54, 1.807) is 0 Å². The maximum Gasteiger partial charge on any atom is 0.214 e. The molecule has 0 bridgehead atoms.